The van der Waals surface area contributed by atoms with Gasteiger partial charge in [-0.25, -0.2) is 9.18 Å². The van der Waals surface area contributed by atoms with Crippen LogP contribution in [0.1, 0.15) is 10.4 Å². The second kappa shape index (κ2) is 6.01. The lowest BCUT2D eigenvalue weighted by molar-refractivity contribution is 0.0697. The molecular weight excluding hydrogens is 299 g/mol. The molecule has 21 heavy (non-hydrogen) atoms. The molecule has 6 heteroatoms. The number of carbonyl (C=O) groups is 1. The van der Waals surface area contributed by atoms with Gasteiger partial charge in [-0.1, -0.05) is 11.6 Å². The molecule has 110 valence electrons. The molecule has 0 unspecified atom stereocenters. The van der Waals surface area contributed by atoms with Crippen molar-refractivity contribution in [1.82, 2.24) is 0 Å². The summed E-state index contributed by atoms with van der Waals surface area (Å²) in [5.41, 5.74) is 0.417. The molecule has 0 saturated carbocycles. The molecule has 0 spiro atoms. The molecule has 2 rings (SSSR count). The summed E-state index contributed by atoms with van der Waals surface area (Å²) in [6.45, 7) is 0. The van der Waals surface area contributed by atoms with Crippen molar-refractivity contribution in [2.24, 2.45) is 0 Å². The van der Waals surface area contributed by atoms with E-state index >= 15 is 0 Å². The first-order valence-corrected chi connectivity index (χ1v) is 6.31. The van der Waals surface area contributed by atoms with Gasteiger partial charge >= 0.3 is 5.97 Å². The van der Waals surface area contributed by atoms with Crippen molar-refractivity contribution >= 4 is 17.6 Å². The highest BCUT2D eigenvalue weighted by Gasteiger charge is 2.18. The molecule has 0 aliphatic heterocycles. The molecule has 0 heterocycles. The van der Waals surface area contributed by atoms with E-state index in [1.165, 1.54) is 26.4 Å². The van der Waals surface area contributed by atoms with Crippen LogP contribution in [-0.4, -0.2) is 25.3 Å². The van der Waals surface area contributed by atoms with E-state index in [1.54, 1.807) is 12.1 Å². The van der Waals surface area contributed by atoms with E-state index in [4.69, 9.17) is 26.2 Å². The zero-order chi connectivity index (χ0) is 15.6. The van der Waals surface area contributed by atoms with Crippen molar-refractivity contribution in [2.75, 3.05) is 14.2 Å². The molecular formula is C15H12ClFO4. The van der Waals surface area contributed by atoms with Crippen molar-refractivity contribution in [3.63, 3.8) is 0 Å². The number of hydrogen-bond donors (Lipinski definition) is 1. The molecule has 0 bridgehead atoms. The number of methoxy groups -OCH3 is 2. The third-order valence-corrected chi connectivity index (χ3v) is 3.35. The maximum atomic E-state index is 14.0. The van der Waals surface area contributed by atoms with Gasteiger partial charge in [0.15, 0.2) is 0 Å². The normalized spacial score (nSPS) is 10.3. The Labute approximate surface area is 125 Å². The van der Waals surface area contributed by atoms with E-state index in [-0.39, 0.29) is 21.9 Å². The van der Waals surface area contributed by atoms with E-state index in [1.807, 2.05) is 0 Å². The summed E-state index contributed by atoms with van der Waals surface area (Å²) >= 11 is 6.13. The minimum absolute atomic E-state index is 0.0274. The van der Waals surface area contributed by atoms with Gasteiger partial charge in [0.2, 0.25) is 0 Å². The van der Waals surface area contributed by atoms with Gasteiger partial charge in [0.05, 0.1) is 19.8 Å². The van der Waals surface area contributed by atoms with Crippen LogP contribution in [0.25, 0.3) is 11.1 Å². The molecule has 0 aliphatic rings. The highest BCUT2D eigenvalue weighted by atomic mass is 35.5. The third-order valence-electron chi connectivity index (χ3n) is 2.99. The van der Waals surface area contributed by atoms with E-state index in [9.17, 15) is 9.18 Å². The number of aromatic carboxylic acids is 1. The smallest absolute Gasteiger partial charge is 0.335 e. The Kier molecular flexibility index (Phi) is 4.33. The molecule has 0 fully saturated rings. The van der Waals surface area contributed by atoms with E-state index in [0.717, 1.165) is 6.07 Å². The Balaban J connectivity index is 2.69. The fraction of sp³-hybridized carbons (Fsp3) is 0.133. The van der Waals surface area contributed by atoms with Crippen LogP contribution in [0.2, 0.25) is 5.02 Å². The van der Waals surface area contributed by atoms with Crippen LogP contribution in [0.4, 0.5) is 4.39 Å². The minimum Gasteiger partial charge on any atom is -0.495 e. The standard InChI is InChI=1S/C15H12ClFO4/c1-20-12-6-4-9(14(21-2)13(12)16)10-7-8(15(18)19)3-5-11(10)17/h3-7H,1-2H3,(H,18,19). The molecule has 0 saturated heterocycles. The van der Waals surface area contributed by atoms with Crippen LogP contribution >= 0.6 is 11.6 Å². The quantitative estimate of drug-likeness (QED) is 0.931. The highest BCUT2D eigenvalue weighted by Crippen LogP contribution is 2.42. The molecule has 0 radical (unpaired) electrons. The van der Waals surface area contributed by atoms with Crippen molar-refractivity contribution in [3.05, 3.63) is 46.7 Å². The van der Waals surface area contributed by atoms with Crippen molar-refractivity contribution in [2.45, 2.75) is 0 Å². The first-order valence-electron chi connectivity index (χ1n) is 5.93. The zero-order valence-electron chi connectivity index (χ0n) is 11.3. The number of rotatable bonds is 4. The Bertz CT molecular complexity index is 700. The number of benzene rings is 2. The van der Waals surface area contributed by atoms with Gasteiger partial charge < -0.3 is 14.6 Å². The van der Waals surface area contributed by atoms with Crippen LogP contribution in [0.5, 0.6) is 11.5 Å². The summed E-state index contributed by atoms with van der Waals surface area (Å²) in [5, 5.41) is 9.20. The first-order chi connectivity index (χ1) is 9.99. The van der Waals surface area contributed by atoms with E-state index in [2.05, 4.69) is 0 Å². The minimum atomic E-state index is -1.14. The molecule has 0 aromatic heterocycles. The summed E-state index contributed by atoms with van der Waals surface area (Å²) in [6, 6.07) is 6.65. The van der Waals surface area contributed by atoms with Crippen LogP contribution in [0.3, 0.4) is 0 Å². The summed E-state index contributed by atoms with van der Waals surface area (Å²) in [6.07, 6.45) is 0. The summed E-state index contributed by atoms with van der Waals surface area (Å²) in [7, 11) is 2.84. The predicted octanol–water partition coefficient (Wildman–Crippen LogP) is 3.86. The van der Waals surface area contributed by atoms with Gasteiger partial charge in [-0.15, -0.1) is 0 Å². The number of hydrogen-bond acceptors (Lipinski definition) is 3. The number of ether oxygens (including phenoxy) is 2. The second-order valence-electron chi connectivity index (χ2n) is 4.16. The summed E-state index contributed by atoms with van der Waals surface area (Å²) in [5.74, 6) is -1.11. The van der Waals surface area contributed by atoms with Crippen molar-refractivity contribution in [3.8, 4) is 22.6 Å². The van der Waals surface area contributed by atoms with Crippen LogP contribution in [0, 0.1) is 5.82 Å². The Morgan fingerprint density at radius 1 is 1.14 bits per heavy atom. The molecule has 2 aromatic rings. The molecule has 0 atom stereocenters. The SMILES string of the molecule is COc1ccc(-c2cc(C(=O)O)ccc2F)c(OC)c1Cl. The predicted molar refractivity (Wildman–Crippen MR) is 76.9 cm³/mol. The van der Waals surface area contributed by atoms with Gasteiger partial charge in [-0.2, -0.15) is 0 Å². The molecule has 0 amide bonds. The van der Waals surface area contributed by atoms with Crippen LogP contribution < -0.4 is 9.47 Å². The Morgan fingerprint density at radius 2 is 1.86 bits per heavy atom. The molecule has 2 aromatic carbocycles. The monoisotopic (exact) mass is 310 g/mol. The lowest BCUT2D eigenvalue weighted by Crippen LogP contribution is -1.99. The number of halogens is 2. The van der Waals surface area contributed by atoms with Gasteiger partial charge in [0.25, 0.3) is 0 Å². The molecule has 4 nitrogen and oxygen atoms in total. The first kappa shape index (κ1) is 15.1. The average Bonchev–Trinajstić information content (AvgIpc) is 2.47. The van der Waals surface area contributed by atoms with Crippen LogP contribution in [0.15, 0.2) is 30.3 Å². The topological polar surface area (TPSA) is 55.8 Å². The highest BCUT2D eigenvalue weighted by molar-refractivity contribution is 6.34. The largest absolute Gasteiger partial charge is 0.495 e. The second-order valence-corrected chi connectivity index (χ2v) is 4.54. The number of carboxylic acid groups (broad SMARTS) is 1. The lowest BCUT2D eigenvalue weighted by atomic mass is 10.0. The van der Waals surface area contributed by atoms with E-state index < -0.39 is 11.8 Å². The summed E-state index contributed by atoms with van der Waals surface area (Å²) in [4.78, 5) is 11.0. The van der Waals surface area contributed by atoms with Gasteiger partial charge in [0.1, 0.15) is 22.3 Å². The van der Waals surface area contributed by atoms with Crippen molar-refractivity contribution < 1.29 is 23.8 Å². The lowest BCUT2D eigenvalue weighted by Gasteiger charge is -2.14. The van der Waals surface area contributed by atoms with Crippen molar-refractivity contribution in [1.29, 1.82) is 0 Å². The Morgan fingerprint density at radius 3 is 2.43 bits per heavy atom. The maximum Gasteiger partial charge on any atom is 0.335 e. The van der Waals surface area contributed by atoms with Gasteiger partial charge in [0, 0.05) is 11.1 Å². The van der Waals surface area contributed by atoms with E-state index in [0.29, 0.717) is 11.3 Å². The molecule has 1 N–H and O–H groups in total. The third kappa shape index (κ3) is 2.78. The number of carboxylic acids is 1. The van der Waals surface area contributed by atoms with Gasteiger partial charge in [-0.3, -0.25) is 0 Å². The fourth-order valence-electron chi connectivity index (χ4n) is 1.97. The van der Waals surface area contributed by atoms with Gasteiger partial charge in [-0.05, 0) is 30.3 Å². The van der Waals surface area contributed by atoms with Crippen LogP contribution in [-0.2, 0) is 0 Å². The fourth-order valence-corrected chi connectivity index (χ4v) is 2.29. The average molecular weight is 311 g/mol. The maximum absolute atomic E-state index is 14.0. The summed E-state index contributed by atoms with van der Waals surface area (Å²) < 4.78 is 24.3. The molecule has 0 aliphatic carbocycles. The zero-order valence-corrected chi connectivity index (χ0v) is 12.1. The Hall–Kier alpha value is -2.27.